The van der Waals surface area contributed by atoms with Crippen molar-refractivity contribution in [3.63, 3.8) is 0 Å². The largest absolute Gasteiger partial charge is 0.493 e. The van der Waals surface area contributed by atoms with Gasteiger partial charge in [-0.25, -0.2) is 9.78 Å². The summed E-state index contributed by atoms with van der Waals surface area (Å²) >= 11 is 4.76. The summed E-state index contributed by atoms with van der Waals surface area (Å²) in [5, 5.41) is 0.717. The van der Waals surface area contributed by atoms with Crippen molar-refractivity contribution in [3.05, 3.63) is 38.3 Å². The number of methoxy groups -OCH3 is 2. The molecule has 2 aromatic rings. The van der Waals surface area contributed by atoms with Crippen molar-refractivity contribution in [2.45, 2.75) is 6.92 Å². The normalized spacial score (nSPS) is 10.8. The van der Waals surface area contributed by atoms with E-state index in [0.29, 0.717) is 23.0 Å². The van der Waals surface area contributed by atoms with Crippen LogP contribution in [-0.2, 0) is 4.74 Å². The van der Waals surface area contributed by atoms with Crippen LogP contribution in [0.2, 0.25) is 0 Å². The zero-order valence-electron chi connectivity index (χ0n) is 13.0. The van der Waals surface area contributed by atoms with Crippen molar-refractivity contribution in [3.8, 4) is 11.5 Å². The molecule has 5 nitrogen and oxygen atoms in total. The third-order valence-corrected chi connectivity index (χ3v) is 4.40. The summed E-state index contributed by atoms with van der Waals surface area (Å²) in [4.78, 5) is 16.1. The minimum absolute atomic E-state index is 0.382. The molecule has 0 unspecified atom stereocenters. The molecule has 122 valence electrons. The number of thiazole rings is 1. The first-order chi connectivity index (χ1) is 11.1. The van der Waals surface area contributed by atoms with Gasteiger partial charge in [0.05, 0.1) is 31.5 Å². The van der Waals surface area contributed by atoms with E-state index in [1.165, 1.54) is 24.6 Å². The molecule has 23 heavy (non-hydrogen) atoms. The van der Waals surface area contributed by atoms with Crippen LogP contribution in [0.1, 0.15) is 27.2 Å². The van der Waals surface area contributed by atoms with E-state index in [1.54, 1.807) is 7.11 Å². The average molecular weight is 398 g/mol. The summed E-state index contributed by atoms with van der Waals surface area (Å²) in [7, 11) is 2.95. The standard InChI is InChI=1S/C16H16BrNO4S/c1-4-22-15-11(17)7-10(8-12(15)20-2)5-6-14-18-9-13(23-14)16(19)21-3/h5-9H,4H2,1-3H3/b6-5-. The zero-order valence-corrected chi connectivity index (χ0v) is 15.4. The highest BCUT2D eigenvalue weighted by molar-refractivity contribution is 9.10. The van der Waals surface area contributed by atoms with Crippen LogP contribution in [0.25, 0.3) is 12.2 Å². The van der Waals surface area contributed by atoms with Crippen LogP contribution in [0.3, 0.4) is 0 Å². The second-order valence-corrected chi connectivity index (χ2v) is 6.27. The number of hydrogen-bond acceptors (Lipinski definition) is 6. The third kappa shape index (κ3) is 4.33. The Kier molecular flexibility index (Phi) is 6.18. The van der Waals surface area contributed by atoms with E-state index in [4.69, 9.17) is 9.47 Å². The summed E-state index contributed by atoms with van der Waals surface area (Å²) in [6.45, 7) is 2.47. The number of carbonyl (C=O) groups is 1. The Morgan fingerprint density at radius 2 is 2.13 bits per heavy atom. The maximum Gasteiger partial charge on any atom is 0.349 e. The van der Waals surface area contributed by atoms with E-state index < -0.39 is 0 Å². The number of ether oxygens (including phenoxy) is 3. The fourth-order valence-corrected chi connectivity index (χ4v) is 3.16. The molecular weight excluding hydrogens is 382 g/mol. The van der Waals surface area contributed by atoms with Crippen LogP contribution in [0, 0.1) is 0 Å². The van der Waals surface area contributed by atoms with Crippen molar-refractivity contribution in [2.75, 3.05) is 20.8 Å². The molecule has 1 aromatic carbocycles. The molecule has 0 atom stereocenters. The van der Waals surface area contributed by atoms with Gasteiger partial charge in [0.15, 0.2) is 11.5 Å². The van der Waals surface area contributed by atoms with Crippen LogP contribution in [-0.4, -0.2) is 31.8 Å². The van der Waals surface area contributed by atoms with Gasteiger partial charge >= 0.3 is 5.97 Å². The predicted molar refractivity (Wildman–Crippen MR) is 94.2 cm³/mol. The predicted octanol–water partition coefficient (Wildman–Crippen LogP) is 4.27. The number of halogens is 1. The Morgan fingerprint density at radius 3 is 2.78 bits per heavy atom. The van der Waals surface area contributed by atoms with Crippen LogP contribution in [0.15, 0.2) is 22.8 Å². The van der Waals surface area contributed by atoms with Crippen LogP contribution in [0.5, 0.6) is 11.5 Å². The van der Waals surface area contributed by atoms with Crippen molar-refractivity contribution < 1.29 is 19.0 Å². The highest BCUT2D eigenvalue weighted by atomic mass is 79.9. The first-order valence-corrected chi connectivity index (χ1v) is 8.42. The monoisotopic (exact) mass is 397 g/mol. The fraction of sp³-hybridized carbons (Fsp3) is 0.250. The van der Waals surface area contributed by atoms with Crippen LogP contribution >= 0.6 is 27.3 Å². The lowest BCUT2D eigenvalue weighted by Crippen LogP contribution is -1.96. The van der Waals surface area contributed by atoms with Crippen molar-refractivity contribution in [1.82, 2.24) is 4.98 Å². The molecule has 2 rings (SSSR count). The molecule has 0 bridgehead atoms. The van der Waals surface area contributed by atoms with Gasteiger partial charge in [0.1, 0.15) is 9.88 Å². The minimum atomic E-state index is -0.382. The molecule has 0 fully saturated rings. The van der Waals surface area contributed by atoms with E-state index >= 15 is 0 Å². The summed E-state index contributed by atoms with van der Waals surface area (Å²) in [6.07, 6.45) is 5.23. The molecule has 0 aliphatic carbocycles. The van der Waals surface area contributed by atoms with Gasteiger partial charge in [0, 0.05) is 0 Å². The lowest BCUT2D eigenvalue weighted by Gasteiger charge is -2.12. The maximum atomic E-state index is 11.4. The molecule has 1 heterocycles. The topological polar surface area (TPSA) is 57.7 Å². The van der Waals surface area contributed by atoms with Crippen molar-refractivity contribution in [2.24, 2.45) is 0 Å². The molecular formula is C16H16BrNO4S. The highest BCUT2D eigenvalue weighted by Gasteiger charge is 2.11. The minimum Gasteiger partial charge on any atom is -0.493 e. The Balaban J connectivity index is 2.24. The maximum absolute atomic E-state index is 11.4. The lowest BCUT2D eigenvalue weighted by atomic mass is 10.2. The average Bonchev–Trinajstić information content (AvgIpc) is 3.03. The number of carbonyl (C=O) groups excluding carboxylic acids is 1. The number of esters is 1. The van der Waals surface area contributed by atoms with E-state index in [1.807, 2.05) is 31.2 Å². The third-order valence-electron chi connectivity index (χ3n) is 2.87. The molecule has 7 heteroatoms. The summed E-state index contributed by atoms with van der Waals surface area (Å²) in [5.74, 6) is 0.942. The summed E-state index contributed by atoms with van der Waals surface area (Å²) < 4.78 is 16.4. The van der Waals surface area contributed by atoms with E-state index in [2.05, 4.69) is 25.7 Å². The molecule has 0 N–H and O–H groups in total. The molecule has 0 saturated heterocycles. The van der Waals surface area contributed by atoms with Gasteiger partial charge in [-0.3, -0.25) is 0 Å². The Bertz CT molecular complexity index is 727. The second kappa shape index (κ2) is 8.12. The van der Waals surface area contributed by atoms with Gasteiger partial charge in [0.25, 0.3) is 0 Å². The first kappa shape index (κ1) is 17.5. The highest BCUT2D eigenvalue weighted by Crippen LogP contribution is 2.37. The summed E-state index contributed by atoms with van der Waals surface area (Å²) in [5.41, 5.74) is 0.923. The smallest absolute Gasteiger partial charge is 0.349 e. The fourth-order valence-electron chi connectivity index (χ4n) is 1.85. The molecule has 0 amide bonds. The number of nitrogens with zero attached hydrogens (tertiary/aromatic N) is 1. The molecule has 0 radical (unpaired) electrons. The Morgan fingerprint density at radius 1 is 1.35 bits per heavy atom. The van der Waals surface area contributed by atoms with Gasteiger partial charge in [-0.2, -0.15) is 0 Å². The number of aromatic nitrogens is 1. The zero-order chi connectivity index (χ0) is 16.8. The molecule has 1 aromatic heterocycles. The Hall–Kier alpha value is -1.86. The van der Waals surface area contributed by atoms with Gasteiger partial charge in [-0.1, -0.05) is 6.08 Å². The number of hydrogen-bond donors (Lipinski definition) is 0. The van der Waals surface area contributed by atoms with E-state index in [0.717, 1.165) is 15.0 Å². The second-order valence-electron chi connectivity index (χ2n) is 4.35. The van der Waals surface area contributed by atoms with Gasteiger partial charge in [-0.15, -0.1) is 11.3 Å². The summed E-state index contributed by atoms with van der Waals surface area (Å²) in [6, 6.07) is 3.81. The number of rotatable bonds is 6. The van der Waals surface area contributed by atoms with Crippen molar-refractivity contribution in [1.29, 1.82) is 0 Å². The van der Waals surface area contributed by atoms with Crippen LogP contribution in [0.4, 0.5) is 0 Å². The van der Waals surface area contributed by atoms with Gasteiger partial charge in [0.2, 0.25) is 0 Å². The van der Waals surface area contributed by atoms with E-state index in [-0.39, 0.29) is 5.97 Å². The van der Waals surface area contributed by atoms with E-state index in [9.17, 15) is 4.79 Å². The SMILES string of the molecule is CCOc1c(Br)cc(/C=C\c2ncc(C(=O)OC)s2)cc1OC. The molecule has 0 aliphatic rings. The number of benzene rings is 1. The van der Waals surface area contributed by atoms with Crippen LogP contribution < -0.4 is 9.47 Å². The van der Waals surface area contributed by atoms with Gasteiger partial charge in [-0.05, 0) is 46.6 Å². The quantitative estimate of drug-likeness (QED) is 0.681. The lowest BCUT2D eigenvalue weighted by molar-refractivity contribution is 0.0606. The molecule has 0 saturated carbocycles. The first-order valence-electron chi connectivity index (χ1n) is 6.81. The molecule has 0 spiro atoms. The van der Waals surface area contributed by atoms with Crippen molar-refractivity contribution >= 4 is 45.4 Å². The Labute approximate surface area is 147 Å². The molecule has 0 aliphatic heterocycles. The van der Waals surface area contributed by atoms with Gasteiger partial charge < -0.3 is 14.2 Å².